The Morgan fingerprint density at radius 2 is 1.88 bits per heavy atom. The Balaban J connectivity index is 1.67. The molecular formula is C19H17ClN2OS. The molecular weight excluding hydrogens is 340 g/mol. The van der Waals surface area contributed by atoms with Gasteiger partial charge in [0.2, 0.25) is 0 Å². The van der Waals surface area contributed by atoms with Gasteiger partial charge in [-0.1, -0.05) is 54.1 Å². The summed E-state index contributed by atoms with van der Waals surface area (Å²) in [5.41, 5.74) is 2.94. The summed E-state index contributed by atoms with van der Waals surface area (Å²) < 4.78 is 0. The second-order valence-electron chi connectivity index (χ2n) is 5.50. The number of halogens is 1. The quantitative estimate of drug-likeness (QED) is 0.724. The standard InChI is InChI=1S/C19H17ClN2OS/c1-13-18(19(23)21-12-15-8-5-9-16(20)10-15)24-17(22-13)11-14-6-3-2-4-7-14/h2-10H,11-12H2,1H3,(H,21,23). The molecule has 122 valence electrons. The van der Waals surface area contributed by atoms with Crippen LogP contribution >= 0.6 is 22.9 Å². The molecule has 0 radical (unpaired) electrons. The molecule has 0 spiro atoms. The third-order valence-corrected chi connectivity index (χ3v) is 4.98. The molecule has 3 rings (SSSR count). The molecule has 0 aliphatic carbocycles. The van der Waals surface area contributed by atoms with E-state index in [1.54, 1.807) is 0 Å². The molecule has 0 saturated carbocycles. The molecule has 1 amide bonds. The van der Waals surface area contributed by atoms with Crippen molar-refractivity contribution in [3.63, 3.8) is 0 Å². The Bertz CT molecular complexity index is 846. The van der Waals surface area contributed by atoms with E-state index >= 15 is 0 Å². The minimum Gasteiger partial charge on any atom is -0.347 e. The average Bonchev–Trinajstić information content (AvgIpc) is 2.94. The van der Waals surface area contributed by atoms with Gasteiger partial charge in [-0.15, -0.1) is 11.3 Å². The van der Waals surface area contributed by atoms with E-state index in [9.17, 15) is 4.79 Å². The highest BCUT2D eigenvalue weighted by Crippen LogP contribution is 2.21. The maximum Gasteiger partial charge on any atom is 0.263 e. The molecule has 0 aliphatic heterocycles. The summed E-state index contributed by atoms with van der Waals surface area (Å²) in [5.74, 6) is -0.0933. The van der Waals surface area contributed by atoms with Gasteiger partial charge in [0.05, 0.1) is 10.7 Å². The van der Waals surface area contributed by atoms with E-state index in [2.05, 4.69) is 22.4 Å². The fourth-order valence-electron chi connectivity index (χ4n) is 2.42. The van der Waals surface area contributed by atoms with Crippen LogP contribution in [0.1, 0.15) is 31.5 Å². The van der Waals surface area contributed by atoms with Gasteiger partial charge in [0.15, 0.2) is 0 Å². The zero-order chi connectivity index (χ0) is 16.9. The molecule has 0 saturated heterocycles. The van der Waals surface area contributed by atoms with Gasteiger partial charge >= 0.3 is 0 Å². The Morgan fingerprint density at radius 1 is 1.12 bits per heavy atom. The van der Waals surface area contributed by atoms with Gasteiger partial charge in [0.25, 0.3) is 5.91 Å². The summed E-state index contributed by atoms with van der Waals surface area (Å²) in [5, 5.41) is 4.55. The SMILES string of the molecule is Cc1nc(Cc2ccccc2)sc1C(=O)NCc1cccc(Cl)c1. The third-order valence-electron chi connectivity index (χ3n) is 3.59. The number of aromatic nitrogens is 1. The summed E-state index contributed by atoms with van der Waals surface area (Å²) in [4.78, 5) is 17.6. The van der Waals surface area contributed by atoms with Gasteiger partial charge < -0.3 is 5.32 Å². The summed E-state index contributed by atoms with van der Waals surface area (Å²) >= 11 is 7.41. The molecule has 5 heteroatoms. The molecule has 3 nitrogen and oxygen atoms in total. The van der Waals surface area contributed by atoms with E-state index in [1.807, 2.05) is 49.4 Å². The smallest absolute Gasteiger partial charge is 0.263 e. The highest BCUT2D eigenvalue weighted by atomic mass is 35.5. The fourth-order valence-corrected chi connectivity index (χ4v) is 3.65. The molecule has 1 heterocycles. The van der Waals surface area contributed by atoms with Gasteiger partial charge in [-0.05, 0) is 30.2 Å². The van der Waals surface area contributed by atoms with Crippen molar-refractivity contribution in [3.8, 4) is 0 Å². The first kappa shape index (κ1) is 16.7. The number of aryl methyl sites for hydroxylation is 1. The van der Waals surface area contributed by atoms with Crippen LogP contribution in [0.4, 0.5) is 0 Å². The highest BCUT2D eigenvalue weighted by molar-refractivity contribution is 7.13. The Labute approximate surface area is 150 Å². The molecule has 1 N–H and O–H groups in total. The van der Waals surface area contributed by atoms with Crippen LogP contribution in [0.25, 0.3) is 0 Å². The van der Waals surface area contributed by atoms with Crippen LogP contribution in [0, 0.1) is 6.92 Å². The summed E-state index contributed by atoms with van der Waals surface area (Å²) in [6.07, 6.45) is 0.744. The van der Waals surface area contributed by atoms with Gasteiger partial charge in [-0.2, -0.15) is 0 Å². The van der Waals surface area contributed by atoms with E-state index in [-0.39, 0.29) is 5.91 Å². The fraction of sp³-hybridized carbons (Fsp3) is 0.158. The van der Waals surface area contributed by atoms with Crippen molar-refractivity contribution in [1.29, 1.82) is 0 Å². The summed E-state index contributed by atoms with van der Waals surface area (Å²) in [6.45, 7) is 2.32. The number of carbonyl (C=O) groups is 1. The second kappa shape index (κ2) is 7.60. The zero-order valence-corrected chi connectivity index (χ0v) is 14.8. The number of benzene rings is 2. The predicted octanol–water partition coefficient (Wildman–Crippen LogP) is 4.63. The largest absolute Gasteiger partial charge is 0.347 e. The molecule has 2 aromatic carbocycles. The van der Waals surface area contributed by atoms with Crippen LogP contribution in [0.3, 0.4) is 0 Å². The Kier molecular flexibility index (Phi) is 5.28. The molecule has 3 aromatic rings. The van der Waals surface area contributed by atoms with Crippen molar-refractivity contribution in [2.45, 2.75) is 19.9 Å². The van der Waals surface area contributed by atoms with E-state index in [1.165, 1.54) is 16.9 Å². The number of carbonyl (C=O) groups excluding carboxylic acids is 1. The van der Waals surface area contributed by atoms with Crippen molar-refractivity contribution >= 4 is 28.8 Å². The molecule has 0 fully saturated rings. The lowest BCUT2D eigenvalue weighted by molar-refractivity contribution is 0.0954. The second-order valence-corrected chi connectivity index (χ2v) is 7.02. The first-order valence-corrected chi connectivity index (χ1v) is 8.84. The minimum atomic E-state index is -0.0933. The predicted molar refractivity (Wildman–Crippen MR) is 98.7 cm³/mol. The van der Waals surface area contributed by atoms with Crippen molar-refractivity contribution in [3.05, 3.63) is 86.3 Å². The number of rotatable bonds is 5. The first-order chi connectivity index (χ1) is 11.6. The van der Waals surface area contributed by atoms with Crippen molar-refractivity contribution in [2.75, 3.05) is 0 Å². The molecule has 0 atom stereocenters. The maximum absolute atomic E-state index is 12.4. The summed E-state index contributed by atoms with van der Waals surface area (Å²) in [6, 6.07) is 17.6. The number of hydrogen-bond acceptors (Lipinski definition) is 3. The maximum atomic E-state index is 12.4. The molecule has 24 heavy (non-hydrogen) atoms. The van der Waals surface area contributed by atoms with Crippen LogP contribution < -0.4 is 5.32 Å². The minimum absolute atomic E-state index is 0.0933. The van der Waals surface area contributed by atoms with Crippen LogP contribution in [0.5, 0.6) is 0 Å². The highest BCUT2D eigenvalue weighted by Gasteiger charge is 2.15. The van der Waals surface area contributed by atoms with Gasteiger partial charge in [-0.3, -0.25) is 4.79 Å². The summed E-state index contributed by atoms with van der Waals surface area (Å²) in [7, 11) is 0. The van der Waals surface area contributed by atoms with Gasteiger partial charge in [0.1, 0.15) is 4.88 Å². The number of hydrogen-bond donors (Lipinski definition) is 1. The topological polar surface area (TPSA) is 42.0 Å². The van der Waals surface area contributed by atoms with Gasteiger partial charge in [-0.25, -0.2) is 4.98 Å². The van der Waals surface area contributed by atoms with Crippen molar-refractivity contribution in [2.24, 2.45) is 0 Å². The average molecular weight is 357 g/mol. The van der Waals surface area contributed by atoms with Crippen LogP contribution in [-0.4, -0.2) is 10.9 Å². The number of thiazole rings is 1. The molecule has 0 bridgehead atoms. The normalized spacial score (nSPS) is 10.6. The number of nitrogens with zero attached hydrogens (tertiary/aromatic N) is 1. The number of nitrogens with one attached hydrogen (secondary N) is 1. The van der Waals surface area contributed by atoms with Crippen molar-refractivity contribution < 1.29 is 4.79 Å². The monoisotopic (exact) mass is 356 g/mol. The zero-order valence-electron chi connectivity index (χ0n) is 13.3. The lowest BCUT2D eigenvalue weighted by atomic mass is 10.2. The van der Waals surface area contributed by atoms with Crippen LogP contribution in [0.2, 0.25) is 5.02 Å². The van der Waals surface area contributed by atoms with Gasteiger partial charge in [0, 0.05) is 18.0 Å². The molecule has 0 aliphatic rings. The van der Waals surface area contributed by atoms with Crippen LogP contribution in [-0.2, 0) is 13.0 Å². The van der Waals surface area contributed by atoms with E-state index < -0.39 is 0 Å². The first-order valence-electron chi connectivity index (χ1n) is 7.64. The lowest BCUT2D eigenvalue weighted by Gasteiger charge is -2.04. The molecule has 1 aromatic heterocycles. The number of amides is 1. The third kappa shape index (κ3) is 4.22. The Morgan fingerprint density at radius 3 is 2.62 bits per heavy atom. The van der Waals surface area contributed by atoms with Crippen LogP contribution in [0.15, 0.2) is 54.6 Å². The molecule has 0 unspecified atom stereocenters. The van der Waals surface area contributed by atoms with E-state index in [0.29, 0.717) is 16.4 Å². The van der Waals surface area contributed by atoms with E-state index in [0.717, 1.165) is 22.7 Å². The Hall–Kier alpha value is -2.17. The van der Waals surface area contributed by atoms with E-state index in [4.69, 9.17) is 11.6 Å². The lowest BCUT2D eigenvalue weighted by Crippen LogP contribution is -2.22. The van der Waals surface area contributed by atoms with Crippen molar-refractivity contribution in [1.82, 2.24) is 10.3 Å².